The van der Waals surface area contributed by atoms with E-state index in [0.717, 1.165) is 11.2 Å². The van der Waals surface area contributed by atoms with E-state index in [1.165, 1.54) is 0 Å². The van der Waals surface area contributed by atoms with Crippen LogP contribution in [0.3, 0.4) is 0 Å². The zero-order valence-electron chi connectivity index (χ0n) is 5.19. The van der Waals surface area contributed by atoms with Crippen LogP contribution in [0.25, 0.3) is 0 Å². The summed E-state index contributed by atoms with van der Waals surface area (Å²) in [5.41, 5.74) is 0. The van der Waals surface area contributed by atoms with E-state index >= 15 is 0 Å². The van der Waals surface area contributed by atoms with Crippen molar-refractivity contribution in [3.63, 3.8) is 0 Å². The Balaban J connectivity index is 0.000000490. The summed E-state index contributed by atoms with van der Waals surface area (Å²) in [6.45, 7) is 1.03. The van der Waals surface area contributed by atoms with Gasteiger partial charge in [-0.25, -0.2) is 0 Å². The van der Waals surface area contributed by atoms with Gasteiger partial charge in [0.25, 0.3) is 0 Å². The lowest BCUT2D eigenvalue weighted by Crippen LogP contribution is -3.00. The smallest absolute Gasteiger partial charge is 0.155 e. The van der Waals surface area contributed by atoms with Gasteiger partial charge in [-0.15, -0.1) is 0 Å². The molecule has 1 N–H and O–H groups in total. The van der Waals surface area contributed by atoms with E-state index in [0.29, 0.717) is 0 Å². The van der Waals surface area contributed by atoms with E-state index in [1.807, 2.05) is 6.20 Å². The van der Waals surface area contributed by atoms with E-state index in [4.69, 9.17) is 0 Å². The molecule has 0 aromatic carbocycles. The van der Waals surface area contributed by atoms with Crippen molar-refractivity contribution in [2.24, 2.45) is 0 Å². The number of halogens is 1. The van der Waals surface area contributed by atoms with Gasteiger partial charge in [0.15, 0.2) is 6.67 Å². The van der Waals surface area contributed by atoms with Crippen LogP contribution in [0.1, 0.15) is 0 Å². The fourth-order valence-electron chi connectivity index (χ4n) is 0.595. The molecule has 0 spiro atoms. The molecule has 2 nitrogen and oxygen atoms in total. The lowest BCUT2D eigenvalue weighted by atomic mass is 10.7. The maximum Gasteiger partial charge on any atom is 0.155 e. The standard InChI is InChI=1S/C5H11N2.HI/c1-7(2)4-3-6-5-7;/h3-4,6H,5H2,1-2H3;1H/q+1;/p-1. The summed E-state index contributed by atoms with van der Waals surface area (Å²) in [6.07, 6.45) is 4.11. The third-order valence-corrected chi connectivity index (χ3v) is 1.09. The number of nitrogens with zero attached hydrogens (tertiary/aromatic N) is 1. The first-order valence-corrected chi connectivity index (χ1v) is 2.44. The van der Waals surface area contributed by atoms with Crippen molar-refractivity contribution in [1.82, 2.24) is 5.32 Å². The molecule has 0 fully saturated rings. The van der Waals surface area contributed by atoms with Gasteiger partial charge >= 0.3 is 0 Å². The maximum atomic E-state index is 3.10. The molecule has 0 aromatic heterocycles. The van der Waals surface area contributed by atoms with Crippen LogP contribution in [0.4, 0.5) is 0 Å². The molecular weight excluding hydrogens is 215 g/mol. The van der Waals surface area contributed by atoms with Crippen molar-refractivity contribution in [3.8, 4) is 0 Å². The Hall–Kier alpha value is 0.230. The Morgan fingerprint density at radius 1 is 1.50 bits per heavy atom. The first-order valence-electron chi connectivity index (χ1n) is 2.44. The van der Waals surface area contributed by atoms with Crippen molar-refractivity contribution in [2.75, 3.05) is 20.8 Å². The lowest BCUT2D eigenvalue weighted by Gasteiger charge is -2.17. The fourth-order valence-corrected chi connectivity index (χ4v) is 0.595. The Labute approximate surface area is 67.2 Å². The highest BCUT2D eigenvalue weighted by Crippen LogP contribution is 1.99. The van der Waals surface area contributed by atoms with E-state index < -0.39 is 0 Å². The van der Waals surface area contributed by atoms with Crippen LogP contribution >= 0.6 is 0 Å². The molecule has 0 aromatic rings. The first kappa shape index (κ1) is 8.23. The number of nitrogens with one attached hydrogen (secondary N) is 1. The molecular formula is C5H11IN2. The van der Waals surface area contributed by atoms with E-state index in [2.05, 4.69) is 25.6 Å². The molecule has 3 heteroatoms. The summed E-state index contributed by atoms with van der Waals surface area (Å²) in [5.74, 6) is 0. The normalized spacial score (nSPS) is 21.8. The Kier molecular flexibility index (Phi) is 2.76. The molecule has 0 atom stereocenters. The van der Waals surface area contributed by atoms with Crippen molar-refractivity contribution in [3.05, 3.63) is 12.4 Å². The second kappa shape index (κ2) is 2.68. The van der Waals surface area contributed by atoms with Crippen molar-refractivity contribution in [1.29, 1.82) is 0 Å². The van der Waals surface area contributed by atoms with Gasteiger partial charge in [-0.3, -0.25) is 4.48 Å². The minimum Gasteiger partial charge on any atom is -1.00 e. The van der Waals surface area contributed by atoms with Gasteiger partial charge in [0, 0.05) is 0 Å². The van der Waals surface area contributed by atoms with Crippen LogP contribution in [-0.2, 0) is 0 Å². The Morgan fingerprint density at radius 3 is 2.25 bits per heavy atom. The number of quaternary nitrogens is 1. The molecule has 8 heavy (non-hydrogen) atoms. The van der Waals surface area contributed by atoms with Gasteiger partial charge < -0.3 is 29.3 Å². The zero-order valence-corrected chi connectivity index (χ0v) is 7.34. The van der Waals surface area contributed by atoms with E-state index in [9.17, 15) is 0 Å². The van der Waals surface area contributed by atoms with Gasteiger partial charge in [0.2, 0.25) is 0 Å². The second-order valence-electron chi connectivity index (χ2n) is 2.46. The fraction of sp³-hybridized carbons (Fsp3) is 0.600. The van der Waals surface area contributed by atoms with Crippen molar-refractivity contribution >= 4 is 0 Å². The largest absolute Gasteiger partial charge is 1.00 e. The summed E-state index contributed by atoms with van der Waals surface area (Å²) in [6, 6.07) is 0. The molecule has 0 unspecified atom stereocenters. The number of rotatable bonds is 0. The molecule has 0 aliphatic carbocycles. The molecule has 0 saturated heterocycles. The predicted octanol–water partition coefficient (Wildman–Crippen LogP) is -2.90. The second-order valence-corrected chi connectivity index (χ2v) is 2.46. The molecule has 0 saturated carbocycles. The third kappa shape index (κ3) is 2.00. The van der Waals surface area contributed by atoms with Gasteiger partial charge in [0.1, 0.15) is 6.20 Å². The quantitative estimate of drug-likeness (QED) is 0.345. The van der Waals surface area contributed by atoms with Gasteiger partial charge in [0.05, 0.1) is 20.3 Å². The third-order valence-electron chi connectivity index (χ3n) is 1.09. The Bertz CT molecular complexity index is 98.6. The van der Waals surface area contributed by atoms with Crippen LogP contribution in [0.5, 0.6) is 0 Å². The summed E-state index contributed by atoms with van der Waals surface area (Å²) in [4.78, 5) is 0. The summed E-state index contributed by atoms with van der Waals surface area (Å²) in [5, 5.41) is 3.10. The maximum absolute atomic E-state index is 3.10. The minimum atomic E-state index is 0. The zero-order chi connectivity index (χ0) is 5.33. The molecule has 48 valence electrons. The van der Waals surface area contributed by atoms with E-state index in [-0.39, 0.29) is 24.0 Å². The van der Waals surface area contributed by atoms with Crippen LogP contribution in [0.15, 0.2) is 12.4 Å². The van der Waals surface area contributed by atoms with Gasteiger partial charge in [-0.05, 0) is 0 Å². The van der Waals surface area contributed by atoms with Crippen LogP contribution in [0.2, 0.25) is 0 Å². The monoisotopic (exact) mass is 226 g/mol. The highest BCUT2D eigenvalue weighted by molar-refractivity contribution is 4.74. The molecule has 0 bridgehead atoms. The summed E-state index contributed by atoms with van der Waals surface area (Å²) >= 11 is 0. The minimum absolute atomic E-state index is 0. The lowest BCUT2D eigenvalue weighted by molar-refractivity contribution is -0.834. The molecule has 1 aliphatic heterocycles. The average molecular weight is 226 g/mol. The molecule has 1 heterocycles. The molecule has 1 rings (SSSR count). The number of hydrogen-bond donors (Lipinski definition) is 1. The predicted molar refractivity (Wildman–Crippen MR) is 29.3 cm³/mol. The highest BCUT2D eigenvalue weighted by Gasteiger charge is 2.12. The average Bonchev–Trinajstić information content (AvgIpc) is 1.84. The molecule has 1 aliphatic rings. The topological polar surface area (TPSA) is 12.0 Å². The van der Waals surface area contributed by atoms with Crippen LogP contribution in [0, 0.1) is 0 Å². The van der Waals surface area contributed by atoms with Gasteiger partial charge in [-0.1, -0.05) is 0 Å². The van der Waals surface area contributed by atoms with Crippen LogP contribution < -0.4 is 29.3 Å². The summed E-state index contributed by atoms with van der Waals surface area (Å²) in [7, 11) is 4.30. The number of hydrogen-bond acceptors (Lipinski definition) is 1. The SMILES string of the molecule is C[N+]1(C)C=CNC1.[I-]. The molecule has 0 amide bonds. The molecule has 0 radical (unpaired) electrons. The Morgan fingerprint density at radius 2 is 2.12 bits per heavy atom. The highest BCUT2D eigenvalue weighted by atomic mass is 127. The van der Waals surface area contributed by atoms with Crippen molar-refractivity contribution in [2.45, 2.75) is 0 Å². The first-order chi connectivity index (χ1) is 3.21. The van der Waals surface area contributed by atoms with Gasteiger partial charge in [-0.2, -0.15) is 0 Å². The summed E-state index contributed by atoms with van der Waals surface area (Å²) < 4.78 is 0.958. The van der Waals surface area contributed by atoms with Crippen molar-refractivity contribution < 1.29 is 28.5 Å². The van der Waals surface area contributed by atoms with Crippen LogP contribution in [-0.4, -0.2) is 25.2 Å². The van der Waals surface area contributed by atoms with E-state index in [1.54, 1.807) is 0 Å².